The first-order valence-corrected chi connectivity index (χ1v) is 9.48. The van der Waals surface area contributed by atoms with Gasteiger partial charge in [-0.15, -0.1) is 11.3 Å². The fourth-order valence-corrected chi connectivity index (χ4v) is 3.52. The Bertz CT molecular complexity index is 665. The number of aromatic nitrogens is 2. The molecule has 1 N–H and O–H groups in total. The van der Waals surface area contributed by atoms with Crippen LogP contribution in [0.5, 0.6) is 0 Å². The van der Waals surface area contributed by atoms with Crippen LogP contribution in [0.1, 0.15) is 18.7 Å². The maximum absolute atomic E-state index is 11.9. The molecule has 0 aliphatic heterocycles. The molecule has 0 saturated carbocycles. The van der Waals surface area contributed by atoms with Crippen LogP contribution in [0.15, 0.2) is 22.0 Å². The van der Waals surface area contributed by atoms with Crippen LogP contribution in [0, 0.1) is 0 Å². The molecule has 0 fully saturated rings. The molecule has 9 heteroatoms. The number of hydrogen-bond acceptors (Lipinski definition) is 7. The number of thiophene rings is 1. The Morgan fingerprint density at radius 3 is 2.86 bits per heavy atom. The molecule has 7 nitrogen and oxygen atoms in total. The summed E-state index contributed by atoms with van der Waals surface area (Å²) < 4.78 is 31.4. The Hall–Kier alpha value is -1.29. The summed E-state index contributed by atoms with van der Waals surface area (Å²) in [7, 11) is 0.623. The van der Waals surface area contributed by atoms with E-state index in [1.54, 1.807) is 0 Å². The molecular weight excluding hydrogens is 324 g/mol. The predicted octanol–water partition coefficient (Wildman–Crippen LogP) is 1.56. The van der Waals surface area contributed by atoms with Gasteiger partial charge >= 0.3 is 0 Å². The van der Waals surface area contributed by atoms with E-state index < -0.39 is 10.0 Å². The Morgan fingerprint density at radius 2 is 2.18 bits per heavy atom. The fourth-order valence-electron chi connectivity index (χ4n) is 1.79. The molecule has 0 amide bonds. The molecule has 0 aliphatic carbocycles. The van der Waals surface area contributed by atoms with Gasteiger partial charge in [-0.3, -0.25) is 0 Å². The lowest BCUT2D eigenvalue weighted by molar-refractivity contribution is 0.398. The van der Waals surface area contributed by atoms with Crippen LogP contribution in [0.4, 0.5) is 0 Å². The van der Waals surface area contributed by atoms with E-state index in [1.165, 1.54) is 11.3 Å². The summed E-state index contributed by atoms with van der Waals surface area (Å²) in [5.41, 5.74) is 0. The molecule has 2 heterocycles. The fraction of sp³-hybridized carbons (Fsp3) is 0.538. The highest BCUT2D eigenvalue weighted by molar-refractivity contribution is 7.89. The van der Waals surface area contributed by atoms with Crippen molar-refractivity contribution in [2.45, 2.75) is 19.4 Å². The Labute approximate surface area is 134 Å². The third kappa shape index (κ3) is 5.48. The molecule has 0 atom stereocenters. The zero-order valence-corrected chi connectivity index (χ0v) is 14.3. The molecule has 22 heavy (non-hydrogen) atoms. The van der Waals surface area contributed by atoms with Crippen molar-refractivity contribution in [3.8, 4) is 10.8 Å². The third-order valence-electron chi connectivity index (χ3n) is 2.92. The second-order valence-electron chi connectivity index (χ2n) is 5.14. The maximum atomic E-state index is 11.9. The average Bonchev–Trinajstić information content (AvgIpc) is 3.11. The summed E-state index contributed by atoms with van der Waals surface area (Å²) in [5.74, 6) is 0.853. The van der Waals surface area contributed by atoms with Crippen molar-refractivity contribution in [3.63, 3.8) is 0 Å². The summed E-state index contributed by atoms with van der Waals surface area (Å²) in [6, 6.07) is 3.76. The van der Waals surface area contributed by atoms with Gasteiger partial charge < -0.3 is 9.42 Å². The van der Waals surface area contributed by atoms with Crippen molar-refractivity contribution in [2.75, 3.05) is 26.4 Å². The van der Waals surface area contributed by atoms with Crippen LogP contribution in [-0.2, 0) is 16.6 Å². The first-order valence-electron chi connectivity index (χ1n) is 6.95. The number of nitrogens with zero attached hydrogens (tertiary/aromatic N) is 3. The highest BCUT2D eigenvalue weighted by Crippen LogP contribution is 2.22. The highest BCUT2D eigenvalue weighted by atomic mass is 32.2. The van der Waals surface area contributed by atoms with Crippen LogP contribution in [-0.4, -0.2) is 49.9 Å². The van der Waals surface area contributed by atoms with Gasteiger partial charge in [0.1, 0.15) is 0 Å². The van der Waals surface area contributed by atoms with Gasteiger partial charge in [-0.05, 0) is 44.9 Å². The molecule has 0 aliphatic rings. The average molecular weight is 344 g/mol. The molecule has 2 aromatic heterocycles. The maximum Gasteiger partial charge on any atom is 0.268 e. The van der Waals surface area contributed by atoms with Gasteiger partial charge in [0.2, 0.25) is 10.0 Å². The van der Waals surface area contributed by atoms with E-state index in [9.17, 15) is 8.42 Å². The van der Waals surface area contributed by atoms with Crippen LogP contribution in [0.25, 0.3) is 10.8 Å². The minimum Gasteiger partial charge on any atom is -0.333 e. The zero-order valence-electron chi connectivity index (χ0n) is 12.7. The molecule has 0 aromatic carbocycles. The first kappa shape index (κ1) is 17.1. The smallest absolute Gasteiger partial charge is 0.268 e. The molecule has 0 bridgehead atoms. The van der Waals surface area contributed by atoms with Crippen molar-refractivity contribution in [2.24, 2.45) is 0 Å². The number of rotatable bonds is 9. The van der Waals surface area contributed by atoms with E-state index in [2.05, 4.69) is 14.9 Å². The lowest BCUT2D eigenvalue weighted by Gasteiger charge is -2.09. The van der Waals surface area contributed by atoms with Gasteiger partial charge in [-0.1, -0.05) is 11.2 Å². The molecule has 2 aromatic rings. The van der Waals surface area contributed by atoms with E-state index >= 15 is 0 Å². The Balaban J connectivity index is 1.79. The Morgan fingerprint density at radius 1 is 1.36 bits per heavy atom. The molecule has 0 unspecified atom stereocenters. The lowest BCUT2D eigenvalue weighted by atomic mass is 10.3. The van der Waals surface area contributed by atoms with E-state index in [0.717, 1.165) is 17.8 Å². The summed E-state index contributed by atoms with van der Waals surface area (Å²) in [6.45, 7) is 0.926. The minimum absolute atomic E-state index is 0.0465. The molecule has 0 saturated heterocycles. The lowest BCUT2D eigenvalue weighted by Crippen LogP contribution is -2.27. The SMILES string of the molecule is CN(C)CCCCS(=O)(=O)NCc1noc(-c2cccs2)n1. The van der Waals surface area contributed by atoms with Gasteiger partial charge in [-0.25, -0.2) is 13.1 Å². The van der Waals surface area contributed by atoms with E-state index in [4.69, 9.17) is 4.52 Å². The molecule has 2 rings (SSSR count). The van der Waals surface area contributed by atoms with Gasteiger partial charge in [0.05, 0.1) is 17.2 Å². The normalized spacial score (nSPS) is 12.1. The highest BCUT2D eigenvalue weighted by Gasteiger charge is 2.14. The quantitative estimate of drug-likeness (QED) is 0.695. The number of hydrogen-bond donors (Lipinski definition) is 1. The van der Waals surface area contributed by atoms with E-state index in [-0.39, 0.29) is 12.3 Å². The van der Waals surface area contributed by atoms with Crippen molar-refractivity contribution >= 4 is 21.4 Å². The van der Waals surface area contributed by atoms with Crippen molar-refractivity contribution in [1.82, 2.24) is 19.8 Å². The minimum atomic E-state index is -3.31. The number of sulfonamides is 1. The van der Waals surface area contributed by atoms with Crippen LogP contribution in [0.2, 0.25) is 0 Å². The van der Waals surface area contributed by atoms with Crippen LogP contribution < -0.4 is 4.72 Å². The Kier molecular flexibility index (Phi) is 6.07. The van der Waals surface area contributed by atoms with Crippen LogP contribution in [0.3, 0.4) is 0 Å². The summed E-state index contributed by atoms with van der Waals surface area (Å²) in [5, 5.41) is 5.69. The van der Waals surface area contributed by atoms with E-state index in [0.29, 0.717) is 18.1 Å². The topological polar surface area (TPSA) is 88.3 Å². The van der Waals surface area contributed by atoms with Gasteiger partial charge in [-0.2, -0.15) is 4.98 Å². The summed E-state index contributed by atoms with van der Waals surface area (Å²) in [6.07, 6.45) is 1.47. The predicted molar refractivity (Wildman–Crippen MR) is 86.0 cm³/mol. The molecule has 0 spiro atoms. The van der Waals surface area contributed by atoms with Crippen molar-refractivity contribution < 1.29 is 12.9 Å². The van der Waals surface area contributed by atoms with Crippen molar-refractivity contribution in [1.29, 1.82) is 0 Å². The largest absolute Gasteiger partial charge is 0.333 e. The molecular formula is C13H20N4O3S2. The van der Waals surface area contributed by atoms with Crippen molar-refractivity contribution in [3.05, 3.63) is 23.3 Å². The van der Waals surface area contributed by atoms with E-state index in [1.807, 2.05) is 36.5 Å². The van der Waals surface area contributed by atoms with Gasteiger partial charge in [0, 0.05) is 0 Å². The molecule has 0 radical (unpaired) electrons. The number of nitrogens with one attached hydrogen (secondary N) is 1. The monoisotopic (exact) mass is 344 g/mol. The van der Waals surface area contributed by atoms with Gasteiger partial charge in [0.15, 0.2) is 5.82 Å². The summed E-state index contributed by atoms with van der Waals surface area (Å²) in [4.78, 5) is 7.07. The first-order chi connectivity index (χ1) is 10.5. The van der Waals surface area contributed by atoms with Crippen LogP contribution >= 0.6 is 11.3 Å². The van der Waals surface area contributed by atoms with Gasteiger partial charge in [0.25, 0.3) is 5.89 Å². The number of unbranched alkanes of at least 4 members (excludes halogenated alkanes) is 1. The standard InChI is InChI=1S/C13H20N4O3S2/c1-17(2)7-3-4-9-22(18,19)14-10-12-15-13(20-16-12)11-6-5-8-21-11/h5-6,8,14H,3-4,7,9-10H2,1-2H3. The second kappa shape index (κ2) is 7.82. The summed E-state index contributed by atoms with van der Waals surface area (Å²) >= 11 is 1.49. The second-order valence-corrected chi connectivity index (χ2v) is 8.02. The molecule has 122 valence electrons. The third-order valence-corrected chi connectivity index (χ3v) is 5.19. The zero-order chi connectivity index (χ0) is 16.0.